The van der Waals surface area contributed by atoms with Crippen molar-refractivity contribution in [1.29, 1.82) is 0 Å². The van der Waals surface area contributed by atoms with Gasteiger partial charge in [-0.15, -0.1) is 0 Å². The highest BCUT2D eigenvalue weighted by atomic mass is 16.5. The van der Waals surface area contributed by atoms with Gasteiger partial charge in [0.05, 0.1) is 18.2 Å². The van der Waals surface area contributed by atoms with Gasteiger partial charge in [0.25, 0.3) is 0 Å². The molecular formula is C10H9O4. The predicted molar refractivity (Wildman–Crippen MR) is 49.2 cm³/mol. The van der Waals surface area contributed by atoms with Crippen molar-refractivity contribution < 1.29 is 19.4 Å². The Bertz CT molecular complexity index is 382. The summed E-state index contributed by atoms with van der Waals surface area (Å²) in [5.74, 6) is -1.70. The van der Waals surface area contributed by atoms with E-state index in [9.17, 15) is 9.59 Å². The van der Waals surface area contributed by atoms with Crippen LogP contribution in [-0.4, -0.2) is 24.2 Å². The largest absolute Gasteiger partial charge is 0.478 e. The van der Waals surface area contributed by atoms with E-state index in [-0.39, 0.29) is 16.7 Å². The summed E-state index contributed by atoms with van der Waals surface area (Å²) in [5, 5.41) is 8.75. The van der Waals surface area contributed by atoms with E-state index >= 15 is 0 Å². The van der Waals surface area contributed by atoms with Crippen LogP contribution in [0, 0.1) is 6.92 Å². The van der Waals surface area contributed by atoms with E-state index in [2.05, 4.69) is 11.7 Å². The second kappa shape index (κ2) is 3.91. The van der Waals surface area contributed by atoms with Crippen molar-refractivity contribution in [2.45, 2.75) is 0 Å². The van der Waals surface area contributed by atoms with Gasteiger partial charge in [0.15, 0.2) is 0 Å². The summed E-state index contributed by atoms with van der Waals surface area (Å²) in [4.78, 5) is 21.8. The minimum absolute atomic E-state index is 0.00731. The van der Waals surface area contributed by atoms with Crippen LogP contribution < -0.4 is 0 Å². The Labute approximate surface area is 81.1 Å². The number of hydrogen-bond acceptors (Lipinski definition) is 3. The topological polar surface area (TPSA) is 63.6 Å². The van der Waals surface area contributed by atoms with Crippen LogP contribution in [0.1, 0.15) is 26.3 Å². The number of rotatable bonds is 2. The first-order chi connectivity index (χ1) is 6.57. The molecule has 14 heavy (non-hydrogen) atoms. The van der Waals surface area contributed by atoms with Crippen molar-refractivity contribution in [1.82, 2.24) is 0 Å². The maximum absolute atomic E-state index is 11.2. The molecule has 4 nitrogen and oxygen atoms in total. The summed E-state index contributed by atoms with van der Waals surface area (Å²) < 4.78 is 4.48. The smallest absolute Gasteiger partial charge is 0.338 e. The Balaban J connectivity index is 3.27. The van der Waals surface area contributed by atoms with Gasteiger partial charge < -0.3 is 9.84 Å². The number of ether oxygens (including phenoxy) is 1. The number of methoxy groups -OCH3 is 1. The average Bonchev–Trinajstić information content (AvgIpc) is 2.16. The summed E-state index contributed by atoms with van der Waals surface area (Å²) in [6.45, 7) is 3.53. The van der Waals surface area contributed by atoms with Crippen molar-refractivity contribution in [3.05, 3.63) is 41.8 Å². The highest BCUT2D eigenvalue weighted by Crippen LogP contribution is 2.14. The molecule has 0 bridgehead atoms. The number of carbonyl (C=O) groups is 2. The molecule has 1 rings (SSSR count). The number of aromatic carboxylic acids is 1. The maximum atomic E-state index is 11.2. The lowest BCUT2D eigenvalue weighted by atomic mass is 10.0. The molecular weight excluding hydrogens is 184 g/mol. The first kappa shape index (κ1) is 10.2. The molecule has 1 N–H and O–H groups in total. The predicted octanol–water partition coefficient (Wildman–Crippen LogP) is 1.35. The Morgan fingerprint density at radius 2 is 1.93 bits per heavy atom. The van der Waals surface area contributed by atoms with Gasteiger partial charge in [-0.1, -0.05) is 6.07 Å². The molecule has 0 aliphatic carbocycles. The van der Waals surface area contributed by atoms with Crippen LogP contribution in [0.4, 0.5) is 0 Å². The van der Waals surface area contributed by atoms with Crippen LogP contribution in [0.25, 0.3) is 0 Å². The molecule has 0 aliphatic heterocycles. The van der Waals surface area contributed by atoms with E-state index in [1.54, 1.807) is 0 Å². The zero-order valence-corrected chi connectivity index (χ0v) is 7.61. The molecule has 0 unspecified atom stereocenters. The first-order valence-corrected chi connectivity index (χ1v) is 3.84. The quantitative estimate of drug-likeness (QED) is 0.720. The molecule has 0 fully saturated rings. The fraction of sp³-hybridized carbons (Fsp3) is 0.100. The molecule has 1 radical (unpaired) electrons. The molecule has 0 amide bonds. The Morgan fingerprint density at radius 3 is 2.43 bits per heavy atom. The molecule has 0 spiro atoms. The van der Waals surface area contributed by atoms with E-state index < -0.39 is 11.9 Å². The van der Waals surface area contributed by atoms with Gasteiger partial charge in [0, 0.05) is 0 Å². The molecule has 0 saturated carbocycles. The van der Waals surface area contributed by atoms with Gasteiger partial charge in [-0.3, -0.25) is 0 Å². The van der Waals surface area contributed by atoms with Gasteiger partial charge in [0.2, 0.25) is 0 Å². The lowest BCUT2D eigenvalue weighted by Gasteiger charge is -2.05. The van der Waals surface area contributed by atoms with E-state index in [1.807, 2.05) is 0 Å². The SMILES string of the molecule is [CH2]c1c(C(=O)O)cccc1C(=O)OC. The minimum Gasteiger partial charge on any atom is -0.478 e. The number of benzene rings is 1. The second-order valence-electron chi connectivity index (χ2n) is 2.63. The standard InChI is InChI=1S/C10H9O4/c1-6-7(9(11)12)4-3-5-8(6)10(13)14-2/h3-5H,1H2,2H3,(H,11,12). The summed E-state index contributed by atoms with van der Waals surface area (Å²) in [6.07, 6.45) is 0. The van der Waals surface area contributed by atoms with E-state index in [0.717, 1.165) is 0 Å². The van der Waals surface area contributed by atoms with E-state index in [1.165, 1.54) is 25.3 Å². The van der Waals surface area contributed by atoms with Gasteiger partial charge in [-0.2, -0.15) is 0 Å². The van der Waals surface area contributed by atoms with Crippen molar-refractivity contribution in [3.63, 3.8) is 0 Å². The zero-order chi connectivity index (χ0) is 10.7. The Hall–Kier alpha value is -1.84. The summed E-state index contributed by atoms with van der Waals surface area (Å²) >= 11 is 0. The molecule has 0 aliphatic rings. The monoisotopic (exact) mass is 193 g/mol. The summed E-state index contributed by atoms with van der Waals surface area (Å²) in [6, 6.07) is 4.34. The van der Waals surface area contributed by atoms with E-state index in [0.29, 0.717) is 0 Å². The van der Waals surface area contributed by atoms with Crippen LogP contribution in [0.2, 0.25) is 0 Å². The molecule has 73 valence electrons. The van der Waals surface area contributed by atoms with Gasteiger partial charge in [-0.05, 0) is 24.6 Å². The van der Waals surface area contributed by atoms with Crippen LogP contribution in [-0.2, 0) is 4.74 Å². The summed E-state index contributed by atoms with van der Waals surface area (Å²) in [7, 11) is 1.23. The number of hydrogen-bond donors (Lipinski definition) is 1. The average molecular weight is 193 g/mol. The molecule has 0 atom stereocenters. The van der Waals surface area contributed by atoms with Crippen LogP contribution >= 0.6 is 0 Å². The van der Waals surface area contributed by atoms with Crippen LogP contribution in [0.15, 0.2) is 18.2 Å². The fourth-order valence-corrected chi connectivity index (χ4v) is 1.09. The number of carboxylic acids is 1. The molecule has 0 aromatic heterocycles. The lowest BCUT2D eigenvalue weighted by molar-refractivity contribution is 0.0600. The molecule has 4 heteroatoms. The fourth-order valence-electron chi connectivity index (χ4n) is 1.09. The lowest BCUT2D eigenvalue weighted by Crippen LogP contribution is -2.08. The number of carbonyl (C=O) groups excluding carboxylic acids is 1. The first-order valence-electron chi connectivity index (χ1n) is 3.84. The van der Waals surface area contributed by atoms with E-state index in [4.69, 9.17) is 5.11 Å². The Kier molecular flexibility index (Phi) is 2.86. The maximum Gasteiger partial charge on any atom is 0.338 e. The summed E-state index contributed by atoms with van der Waals surface area (Å²) in [5.41, 5.74) is 0.354. The minimum atomic E-state index is -1.11. The van der Waals surface area contributed by atoms with Crippen molar-refractivity contribution in [3.8, 4) is 0 Å². The number of carboxylic acid groups (broad SMARTS) is 1. The highest BCUT2D eigenvalue weighted by molar-refractivity contribution is 5.97. The molecule has 1 aromatic carbocycles. The third-order valence-electron chi connectivity index (χ3n) is 1.81. The molecule has 0 saturated heterocycles. The van der Waals surface area contributed by atoms with Gasteiger partial charge in [0.1, 0.15) is 0 Å². The second-order valence-corrected chi connectivity index (χ2v) is 2.63. The third-order valence-corrected chi connectivity index (χ3v) is 1.81. The third kappa shape index (κ3) is 1.74. The molecule has 1 aromatic rings. The normalized spacial score (nSPS) is 9.57. The van der Waals surface area contributed by atoms with Gasteiger partial charge >= 0.3 is 11.9 Å². The van der Waals surface area contributed by atoms with Crippen molar-refractivity contribution >= 4 is 11.9 Å². The van der Waals surface area contributed by atoms with Crippen LogP contribution in [0.3, 0.4) is 0 Å². The molecule has 0 heterocycles. The van der Waals surface area contributed by atoms with Crippen LogP contribution in [0.5, 0.6) is 0 Å². The van der Waals surface area contributed by atoms with Gasteiger partial charge in [-0.25, -0.2) is 9.59 Å². The zero-order valence-electron chi connectivity index (χ0n) is 7.61. The Morgan fingerprint density at radius 1 is 1.36 bits per heavy atom. The highest BCUT2D eigenvalue weighted by Gasteiger charge is 2.14. The van der Waals surface area contributed by atoms with Crippen molar-refractivity contribution in [2.75, 3.05) is 7.11 Å². The number of esters is 1. The van der Waals surface area contributed by atoms with Crippen molar-refractivity contribution in [2.24, 2.45) is 0 Å².